The number of rotatable bonds is 7. The molecule has 110 valence electrons. The molecule has 0 saturated carbocycles. The fraction of sp³-hybridized carbons (Fsp3) is 0.562. The summed E-state index contributed by atoms with van der Waals surface area (Å²) in [7, 11) is 1.74. The quantitative estimate of drug-likeness (QED) is 0.790. The molecular weight excluding hydrogens is 250 g/mol. The predicted octanol–water partition coefficient (Wildman–Crippen LogP) is 2.84. The van der Waals surface area contributed by atoms with Crippen molar-refractivity contribution in [2.24, 2.45) is 0 Å². The van der Waals surface area contributed by atoms with Crippen molar-refractivity contribution >= 4 is 11.0 Å². The number of methoxy groups -OCH3 is 1. The Kier molecular flexibility index (Phi) is 5.15. The van der Waals surface area contributed by atoms with E-state index in [9.17, 15) is 0 Å². The van der Waals surface area contributed by atoms with Crippen molar-refractivity contribution in [3.05, 3.63) is 29.6 Å². The van der Waals surface area contributed by atoms with Crippen molar-refractivity contribution < 1.29 is 4.74 Å². The molecule has 0 amide bonds. The first-order valence-corrected chi connectivity index (χ1v) is 7.27. The lowest BCUT2D eigenvalue weighted by Crippen LogP contribution is -2.24. The van der Waals surface area contributed by atoms with Crippen LogP contribution < -0.4 is 5.32 Å². The number of fused-ring (bicyclic) bond motifs is 1. The number of hydrogen-bond donors (Lipinski definition) is 1. The van der Waals surface area contributed by atoms with Gasteiger partial charge in [0.15, 0.2) is 0 Å². The molecule has 0 bridgehead atoms. The van der Waals surface area contributed by atoms with Crippen LogP contribution in [-0.2, 0) is 4.74 Å². The molecule has 1 atom stereocenters. The van der Waals surface area contributed by atoms with Crippen LogP contribution in [-0.4, -0.2) is 36.4 Å². The fourth-order valence-electron chi connectivity index (χ4n) is 2.38. The van der Waals surface area contributed by atoms with Crippen LogP contribution in [0.2, 0.25) is 0 Å². The molecular formula is C16H25N3O. The lowest BCUT2D eigenvalue weighted by Gasteiger charge is -2.15. The lowest BCUT2D eigenvalue weighted by molar-refractivity contribution is 0.194. The SMILES string of the molecule is COCCCNCC(C)n1cnc2cc(C)c(C)cc21. The van der Waals surface area contributed by atoms with Crippen LogP contribution in [0.25, 0.3) is 11.0 Å². The smallest absolute Gasteiger partial charge is 0.0961 e. The van der Waals surface area contributed by atoms with E-state index in [1.54, 1.807) is 7.11 Å². The van der Waals surface area contributed by atoms with E-state index in [0.717, 1.165) is 31.6 Å². The summed E-state index contributed by atoms with van der Waals surface area (Å²) < 4.78 is 7.30. The molecule has 1 heterocycles. The van der Waals surface area contributed by atoms with E-state index in [4.69, 9.17) is 4.74 Å². The van der Waals surface area contributed by atoms with Crippen LogP contribution in [0.1, 0.15) is 30.5 Å². The molecule has 0 saturated heterocycles. The normalized spacial score (nSPS) is 13.0. The molecule has 20 heavy (non-hydrogen) atoms. The van der Waals surface area contributed by atoms with Gasteiger partial charge in [-0.25, -0.2) is 4.98 Å². The highest BCUT2D eigenvalue weighted by atomic mass is 16.5. The third-order valence-electron chi connectivity index (χ3n) is 3.81. The molecule has 0 radical (unpaired) electrons. The zero-order valence-electron chi connectivity index (χ0n) is 12.9. The summed E-state index contributed by atoms with van der Waals surface area (Å²) in [5.41, 5.74) is 4.92. The van der Waals surface area contributed by atoms with E-state index in [1.807, 2.05) is 6.33 Å². The van der Waals surface area contributed by atoms with E-state index in [-0.39, 0.29) is 0 Å². The second-order valence-electron chi connectivity index (χ2n) is 5.48. The van der Waals surface area contributed by atoms with Crippen molar-refractivity contribution in [2.75, 3.05) is 26.8 Å². The number of nitrogens with zero attached hydrogens (tertiary/aromatic N) is 2. The van der Waals surface area contributed by atoms with Gasteiger partial charge in [-0.1, -0.05) is 0 Å². The molecule has 0 aliphatic rings. The first kappa shape index (κ1) is 15.0. The summed E-state index contributed by atoms with van der Waals surface area (Å²) >= 11 is 0. The van der Waals surface area contributed by atoms with Crippen LogP contribution in [0.15, 0.2) is 18.5 Å². The fourth-order valence-corrected chi connectivity index (χ4v) is 2.38. The van der Waals surface area contributed by atoms with Gasteiger partial charge in [0.25, 0.3) is 0 Å². The molecule has 4 nitrogen and oxygen atoms in total. The van der Waals surface area contributed by atoms with Crippen LogP contribution in [0.4, 0.5) is 0 Å². The summed E-state index contributed by atoms with van der Waals surface area (Å²) in [6.07, 6.45) is 3.00. The Morgan fingerprint density at radius 3 is 2.80 bits per heavy atom. The van der Waals surface area contributed by atoms with Crippen LogP contribution in [0, 0.1) is 13.8 Å². The summed E-state index contributed by atoms with van der Waals surface area (Å²) in [5.74, 6) is 0. The van der Waals surface area contributed by atoms with E-state index in [0.29, 0.717) is 6.04 Å². The standard InChI is InChI=1S/C16H25N3O/c1-12-8-15-16(9-13(12)2)19(11-18-15)14(3)10-17-6-5-7-20-4/h8-9,11,14,17H,5-7,10H2,1-4H3. The maximum absolute atomic E-state index is 5.05. The van der Waals surface area contributed by atoms with Gasteiger partial charge in [-0.15, -0.1) is 0 Å². The van der Waals surface area contributed by atoms with Gasteiger partial charge in [0, 0.05) is 26.3 Å². The second kappa shape index (κ2) is 6.86. The molecule has 0 aliphatic heterocycles. The largest absolute Gasteiger partial charge is 0.385 e. The highest BCUT2D eigenvalue weighted by molar-refractivity contribution is 5.77. The summed E-state index contributed by atoms with van der Waals surface area (Å²) in [5, 5.41) is 3.47. The second-order valence-corrected chi connectivity index (χ2v) is 5.48. The van der Waals surface area contributed by atoms with Crippen molar-refractivity contribution in [1.29, 1.82) is 0 Å². The Labute approximate surface area is 121 Å². The number of ether oxygens (including phenoxy) is 1. The maximum atomic E-state index is 5.05. The monoisotopic (exact) mass is 275 g/mol. The molecule has 4 heteroatoms. The third-order valence-corrected chi connectivity index (χ3v) is 3.81. The van der Waals surface area contributed by atoms with Crippen molar-refractivity contribution in [3.63, 3.8) is 0 Å². The molecule has 1 aromatic heterocycles. The zero-order chi connectivity index (χ0) is 14.5. The summed E-state index contributed by atoms with van der Waals surface area (Å²) in [4.78, 5) is 4.51. The maximum Gasteiger partial charge on any atom is 0.0961 e. The van der Waals surface area contributed by atoms with Gasteiger partial charge in [0.2, 0.25) is 0 Å². The highest BCUT2D eigenvalue weighted by Crippen LogP contribution is 2.21. The number of hydrogen-bond acceptors (Lipinski definition) is 3. The molecule has 0 aliphatic carbocycles. The first-order valence-electron chi connectivity index (χ1n) is 7.27. The van der Waals surface area contributed by atoms with Gasteiger partial charge < -0.3 is 14.6 Å². The Balaban J connectivity index is 2.03. The zero-order valence-corrected chi connectivity index (χ0v) is 12.9. The van der Waals surface area contributed by atoms with Gasteiger partial charge in [-0.3, -0.25) is 0 Å². The molecule has 2 rings (SSSR count). The third kappa shape index (κ3) is 3.38. The van der Waals surface area contributed by atoms with Crippen LogP contribution >= 0.6 is 0 Å². The van der Waals surface area contributed by atoms with E-state index >= 15 is 0 Å². The molecule has 0 spiro atoms. The van der Waals surface area contributed by atoms with Crippen molar-refractivity contribution in [3.8, 4) is 0 Å². The average Bonchev–Trinajstić information content (AvgIpc) is 2.82. The molecule has 1 aromatic carbocycles. The molecule has 0 fully saturated rings. The minimum Gasteiger partial charge on any atom is -0.385 e. The van der Waals surface area contributed by atoms with Crippen molar-refractivity contribution in [1.82, 2.24) is 14.9 Å². The van der Waals surface area contributed by atoms with Crippen molar-refractivity contribution in [2.45, 2.75) is 33.2 Å². The van der Waals surface area contributed by atoms with Gasteiger partial charge >= 0.3 is 0 Å². The van der Waals surface area contributed by atoms with Crippen LogP contribution in [0.5, 0.6) is 0 Å². The molecule has 1 unspecified atom stereocenters. The average molecular weight is 275 g/mol. The topological polar surface area (TPSA) is 39.1 Å². The first-order chi connectivity index (χ1) is 9.63. The minimum atomic E-state index is 0.393. The van der Waals surface area contributed by atoms with E-state index in [1.165, 1.54) is 16.6 Å². The Morgan fingerprint density at radius 1 is 1.30 bits per heavy atom. The number of nitrogens with one attached hydrogen (secondary N) is 1. The van der Waals surface area contributed by atoms with E-state index in [2.05, 4.69) is 47.8 Å². The summed E-state index contributed by atoms with van der Waals surface area (Å²) in [6, 6.07) is 4.79. The summed E-state index contributed by atoms with van der Waals surface area (Å²) in [6.45, 7) is 9.26. The van der Waals surface area contributed by atoms with E-state index < -0.39 is 0 Å². The number of benzene rings is 1. The van der Waals surface area contributed by atoms with Gasteiger partial charge in [0.05, 0.1) is 17.4 Å². The van der Waals surface area contributed by atoms with Gasteiger partial charge in [-0.2, -0.15) is 0 Å². The Hall–Kier alpha value is -1.39. The van der Waals surface area contributed by atoms with Crippen LogP contribution in [0.3, 0.4) is 0 Å². The van der Waals surface area contributed by atoms with Gasteiger partial charge in [-0.05, 0) is 57.0 Å². The number of aryl methyl sites for hydroxylation is 2. The number of imidazole rings is 1. The van der Waals surface area contributed by atoms with Gasteiger partial charge in [0.1, 0.15) is 0 Å². The number of aromatic nitrogens is 2. The Morgan fingerprint density at radius 2 is 2.05 bits per heavy atom. The predicted molar refractivity (Wildman–Crippen MR) is 83.3 cm³/mol. The highest BCUT2D eigenvalue weighted by Gasteiger charge is 2.10. The molecule has 1 N–H and O–H groups in total. The molecule has 2 aromatic rings. The lowest BCUT2D eigenvalue weighted by atomic mass is 10.1. The minimum absolute atomic E-state index is 0.393. The Bertz CT molecular complexity index is 562.